The normalized spacial score (nSPS) is 12.6. The summed E-state index contributed by atoms with van der Waals surface area (Å²) < 4.78 is 4.76. The Hall–Kier alpha value is -1.52. The van der Waals surface area contributed by atoms with E-state index in [1.165, 1.54) is 0 Å². The zero-order chi connectivity index (χ0) is 21.5. The molecule has 2 atom stereocenters. The number of ether oxygens (including phenoxy) is 1. The minimum atomic E-state index is -0.0967. The fourth-order valence-electron chi connectivity index (χ4n) is 1.13. The quantitative estimate of drug-likeness (QED) is 0.492. The van der Waals surface area contributed by atoms with E-state index in [2.05, 4.69) is 11.9 Å². The van der Waals surface area contributed by atoms with Crippen LogP contribution in [0.1, 0.15) is 82.1 Å². The molecule has 5 heteroatoms. The van der Waals surface area contributed by atoms with Crippen LogP contribution in [-0.4, -0.2) is 29.1 Å². The number of aliphatic hydroxyl groups excluding tert-OH is 1. The van der Waals surface area contributed by atoms with Crippen molar-refractivity contribution < 1.29 is 19.4 Å². The molecule has 156 valence electrons. The number of carbonyl (C=O) groups is 2. The summed E-state index contributed by atoms with van der Waals surface area (Å²) in [6, 6.07) is 0. The summed E-state index contributed by atoms with van der Waals surface area (Å²) in [6.45, 7) is 23.2. The molecule has 0 heterocycles. The predicted molar refractivity (Wildman–Crippen MR) is 110 cm³/mol. The lowest BCUT2D eigenvalue weighted by Crippen LogP contribution is -2.43. The summed E-state index contributed by atoms with van der Waals surface area (Å²) in [5.41, 5.74) is -0.0967. The highest BCUT2D eigenvalue weighted by atomic mass is 16.5. The first-order chi connectivity index (χ1) is 11.7. The van der Waals surface area contributed by atoms with Crippen molar-refractivity contribution in [2.75, 3.05) is 6.61 Å². The maximum Gasteiger partial charge on any atom is 0.308 e. The fourth-order valence-corrected chi connectivity index (χ4v) is 1.13. The first-order valence-electron chi connectivity index (χ1n) is 9.59. The van der Waals surface area contributed by atoms with Gasteiger partial charge < -0.3 is 15.2 Å². The molecule has 1 amide bonds. The lowest BCUT2D eigenvalue weighted by atomic mass is 10.0. The Balaban J connectivity index is -0.000000319. The summed E-state index contributed by atoms with van der Waals surface area (Å²) in [4.78, 5) is 22.0. The largest absolute Gasteiger partial charge is 0.513 e. The molecule has 5 nitrogen and oxygen atoms in total. The highest BCUT2D eigenvalue weighted by molar-refractivity contribution is 5.78. The first-order valence-corrected chi connectivity index (χ1v) is 9.59. The Bertz CT molecular complexity index is 397. The average Bonchev–Trinajstić information content (AvgIpc) is 2.52. The van der Waals surface area contributed by atoms with E-state index in [1.807, 2.05) is 69.2 Å². The zero-order valence-electron chi connectivity index (χ0n) is 18.7. The number of amides is 1. The average molecular weight is 374 g/mol. The molecule has 0 aromatic rings. The van der Waals surface area contributed by atoms with Crippen LogP contribution >= 0.6 is 0 Å². The maximum atomic E-state index is 11.3. The van der Waals surface area contributed by atoms with Crippen LogP contribution in [0, 0.1) is 17.8 Å². The number of carbonyl (C=O) groups excluding carboxylic acids is 2. The second-order valence-corrected chi connectivity index (χ2v) is 7.76. The van der Waals surface area contributed by atoms with Gasteiger partial charge in [-0.25, -0.2) is 0 Å². The molecular formula is C21H43NO4. The highest BCUT2D eigenvalue weighted by Crippen LogP contribution is 2.05. The van der Waals surface area contributed by atoms with E-state index in [4.69, 9.17) is 9.84 Å². The summed E-state index contributed by atoms with van der Waals surface area (Å²) in [5, 5.41) is 11.4. The second kappa shape index (κ2) is 15.7. The van der Waals surface area contributed by atoms with Crippen molar-refractivity contribution in [2.24, 2.45) is 17.8 Å². The van der Waals surface area contributed by atoms with Crippen molar-refractivity contribution in [3.63, 3.8) is 0 Å². The molecule has 0 rings (SSSR count). The third kappa shape index (κ3) is 20.5. The molecular weight excluding hydrogens is 330 g/mol. The van der Waals surface area contributed by atoms with Gasteiger partial charge >= 0.3 is 5.97 Å². The van der Waals surface area contributed by atoms with Gasteiger partial charge in [-0.05, 0) is 40.5 Å². The number of aliphatic hydroxyl groups is 1. The summed E-state index contributed by atoms with van der Waals surface area (Å²) >= 11 is 0. The first kappa shape index (κ1) is 29.3. The molecule has 0 aromatic heterocycles. The number of hydrogen-bond donors (Lipinski definition) is 2. The van der Waals surface area contributed by atoms with Crippen LogP contribution in [0.4, 0.5) is 0 Å². The van der Waals surface area contributed by atoms with Crippen molar-refractivity contribution in [3.05, 3.63) is 12.3 Å². The molecule has 0 fully saturated rings. The molecule has 2 unspecified atom stereocenters. The zero-order valence-corrected chi connectivity index (χ0v) is 18.7. The Morgan fingerprint density at radius 3 is 1.62 bits per heavy atom. The van der Waals surface area contributed by atoms with Gasteiger partial charge in [0.2, 0.25) is 5.91 Å². The van der Waals surface area contributed by atoms with E-state index in [-0.39, 0.29) is 40.9 Å². The van der Waals surface area contributed by atoms with E-state index in [1.54, 1.807) is 0 Å². The van der Waals surface area contributed by atoms with Crippen molar-refractivity contribution in [2.45, 2.75) is 87.6 Å². The molecule has 0 aromatic carbocycles. The third-order valence-corrected chi connectivity index (χ3v) is 3.53. The lowest BCUT2D eigenvalue weighted by Gasteiger charge is -2.22. The molecule has 0 radical (unpaired) electrons. The van der Waals surface area contributed by atoms with Crippen molar-refractivity contribution in [1.29, 1.82) is 0 Å². The molecule has 0 aliphatic carbocycles. The van der Waals surface area contributed by atoms with Gasteiger partial charge in [0, 0.05) is 17.4 Å². The summed E-state index contributed by atoms with van der Waals surface area (Å²) in [7, 11) is 0. The molecule has 0 saturated carbocycles. The van der Waals surface area contributed by atoms with Crippen LogP contribution < -0.4 is 5.32 Å². The van der Waals surface area contributed by atoms with Gasteiger partial charge in [-0.2, -0.15) is 0 Å². The topological polar surface area (TPSA) is 75.6 Å². The molecule has 0 saturated heterocycles. The molecule has 0 aliphatic rings. The molecule has 2 N–H and O–H groups in total. The van der Waals surface area contributed by atoms with Crippen LogP contribution in [0.15, 0.2) is 12.3 Å². The Morgan fingerprint density at radius 2 is 1.38 bits per heavy atom. The van der Waals surface area contributed by atoms with E-state index in [0.29, 0.717) is 6.61 Å². The van der Waals surface area contributed by atoms with Crippen LogP contribution in [0.25, 0.3) is 0 Å². The number of allylic oxidation sites excluding steroid dienone is 1. The van der Waals surface area contributed by atoms with Gasteiger partial charge in [-0.3, -0.25) is 9.59 Å². The molecule has 0 aliphatic heterocycles. The van der Waals surface area contributed by atoms with Gasteiger partial charge in [-0.1, -0.05) is 48.1 Å². The van der Waals surface area contributed by atoms with Crippen LogP contribution in [0.2, 0.25) is 0 Å². The van der Waals surface area contributed by atoms with Crippen molar-refractivity contribution in [1.82, 2.24) is 5.32 Å². The standard InChI is InChI=1S/C9H19NO.C7H14O2.C5H10O/c1-6-7(2)8(11)10-9(3,4)5;1-4-6(3)7(8)9-5-2;1-4(2)5(3)6/h7H,6H2,1-5H3,(H,10,11);6H,4-5H2,1-3H3;4,6H,3H2,1-2H3. The Morgan fingerprint density at radius 1 is 1.00 bits per heavy atom. The van der Waals surface area contributed by atoms with Gasteiger partial charge in [0.25, 0.3) is 0 Å². The third-order valence-electron chi connectivity index (χ3n) is 3.53. The van der Waals surface area contributed by atoms with Gasteiger partial charge in [0.15, 0.2) is 0 Å². The number of esters is 1. The van der Waals surface area contributed by atoms with Crippen molar-refractivity contribution >= 4 is 11.9 Å². The lowest BCUT2D eigenvalue weighted by molar-refractivity contribution is -0.147. The fraction of sp³-hybridized carbons (Fsp3) is 0.810. The van der Waals surface area contributed by atoms with Crippen LogP contribution in [0.5, 0.6) is 0 Å². The van der Waals surface area contributed by atoms with Gasteiger partial charge in [0.05, 0.1) is 18.3 Å². The molecule has 0 bridgehead atoms. The van der Waals surface area contributed by atoms with E-state index < -0.39 is 0 Å². The Labute approximate surface area is 161 Å². The van der Waals surface area contributed by atoms with Crippen LogP contribution in [0.3, 0.4) is 0 Å². The van der Waals surface area contributed by atoms with E-state index >= 15 is 0 Å². The summed E-state index contributed by atoms with van der Waals surface area (Å²) in [6.07, 6.45) is 1.76. The smallest absolute Gasteiger partial charge is 0.308 e. The SMILES string of the molecule is C=C(O)C(C)C.CCC(C)C(=O)NC(C)(C)C.CCOC(=O)C(C)CC. The number of hydrogen-bond acceptors (Lipinski definition) is 4. The highest BCUT2D eigenvalue weighted by Gasteiger charge is 2.17. The van der Waals surface area contributed by atoms with Gasteiger partial charge in [-0.15, -0.1) is 0 Å². The molecule has 0 spiro atoms. The number of rotatable bonds is 6. The van der Waals surface area contributed by atoms with Gasteiger partial charge in [0.1, 0.15) is 0 Å². The van der Waals surface area contributed by atoms with Crippen LogP contribution in [-0.2, 0) is 14.3 Å². The maximum absolute atomic E-state index is 11.3. The number of nitrogens with one attached hydrogen (secondary N) is 1. The van der Waals surface area contributed by atoms with Crippen molar-refractivity contribution in [3.8, 4) is 0 Å². The minimum Gasteiger partial charge on any atom is -0.513 e. The Kier molecular flexibility index (Phi) is 17.7. The minimum absolute atomic E-state index is 0.0601. The monoisotopic (exact) mass is 373 g/mol. The molecule has 26 heavy (non-hydrogen) atoms. The van der Waals surface area contributed by atoms with E-state index in [0.717, 1.165) is 12.8 Å². The summed E-state index contributed by atoms with van der Waals surface area (Å²) in [5.74, 6) is 0.735. The predicted octanol–water partition coefficient (Wildman–Crippen LogP) is 5.26. The van der Waals surface area contributed by atoms with E-state index in [9.17, 15) is 9.59 Å². The second-order valence-electron chi connectivity index (χ2n) is 7.76.